The summed E-state index contributed by atoms with van der Waals surface area (Å²) in [6.45, 7) is 2.48. The number of hydrogen-bond acceptors (Lipinski definition) is 7. The molecule has 2 atom stereocenters. The highest BCUT2D eigenvalue weighted by molar-refractivity contribution is 7.45. The molecule has 0 spiro atoms. The Hall–Kier alpha value is -0.0500. The molecule has 0 aromatic rings. The molecular weight excluding hydrogens is 469 g/mol. The van der Waals surface area contributed by atoms with Crippen molar-refractivity contribution in [2.45, 2.75) is 116 Å². The highest BCUT2D eigenvalue weighted by atomic mass is 31.2. The van der Waals surface area contributed by atoms with Crippen LogP contribution >= 0.6 is 7.82 Å². The van der Waals surface area contributed by atoms with Gasteiger partial charge in [-0.15, -0.1) is 0 Å². The van der Waals surface area contributed by atoms with Gasteiger partial charge in [0.05, 0.1) is 41.0 Å². The maximum absolute atomic E-state index is 11.8. The summed E-state index contributed by atoms with van der Waals surface area (Å²) in [5, 5.41) is 9.33. The van der Waals surface area contributed by atoms with Crippen LogP contribution in [0, 0.1) is 0 Å². The van der Waals surface area contributed by atoms with E-state index in [1.165, 1.54) is 89.9 Å². The largest absolute Gasteiger partial charge is 0.756 e. The molecular formula is C26H56NO7P. The average molecular weight is 526 g/mol. The molecule has 0 aromatic heterocycles. The van der Waals surface area contributed by atoms with E-state index >= 15 is 0 Å². The predicted molar refractivity (Wildman–Crippen MR) is 140 cm³/mol. The first-order valence-electron chi connectivity index (χ1n) is 14.0. The minimum Gasteiger partial charge on any atom is -0.756 e. The van der Waals surface area contributed by atoms with E-state index in [2.05, 4.69) is 6.92 Å². The molecule has 0 radical (unpaired) electrons. The number of rotatable bonds is 27. The monoisotopic (exact) mass is 525 g/mol. The summed E-state index contributed by atoms with van der Waals surface area (Å²) < 4.78 is 22.0. The normalized spacial score (nSPS) is 14.8. The summed E-state index contributed by atoms with van der Waals surface area (Å²) in [4.78, 5) is 22.0. The van der Waals surface area contributed by atoms with Gasteiger partial charge >= 0.3 is 0 Å². The number of quaternary nitrogens is 1. The van der Waals surface area contributed by atoms with Gasteiger partial charge in [-0.05, 0) is 6.42 Å². The van der Waals surface area contributed by atoms with E-state index < -0.39 is 20.5 Å². The lowest BCUT2D eigenvalue weighted by molar-refractivity contribution is -0.870. The van der Waals surface area contributed by atoms with Gasteiger partial charge in [-0.3, -0.25) is 4.57 Å². The predicted octanol–water partition coefficient (Wildman–Crippen LogP) is 5.76. The Morgan fingerprint density at radius 1 is 0.743 bits per heavy atom. The molecule has 0 aliphatic heterocycles. The van der Waals surface area contributed by atoms with Crippen molar-refractivity contribution in [3.8, 4) is 0 Å². The second-order valence-electron chi connectivity index (χ2n) is 10.6. The van der Waals surface area contributed by atoms with Gasteiger partial charge < -0.3 is 23.5 Å². The zero-order valence-corrected chi connectivity index (χ0v) is 24.1. The summed E-state index contributed by atoms with van der Waals surface area (Å²) in [5.74, 6) is 0. The van der Waals surface area contributed by atoms with Crippen molar-refractivity contribution in [1.82, 2.24) is 0 Å². The van der Waals surface area contributed by atoms with E-state index in [-0.39, 0.29) is 13.2 Å². The van der Waals surface area contributed by atoms with Crippen molar-refractivity contribution in [3.05, 3.63) is 0 Å². The van der Waals surface area contributed by atoms with Gasteiger partial charge in [0, 0.05) is 0 Å². The molecule has 1 N–H and O–H groups in total. The maximum atomic E-state index is 11.8. The van der Waals surface area contributed by atoms with E-state index in [1.807, 2.05) is 21.1 Å². The van der Waals surface area contributed by atoms with E-state index in [0.29, 0.717) is 17.6 Å². The van der Waals surface area contributed by atoms with Crippen molar-refractivity contribution >= 4 is 7.82 Å². The SMILES string of the molecule is CCCCCCCCCCCCCCCCCCOO[C@@H](CO)COP(=O)([O-])OCC[N+](C)(C)C. The molecule has 1 unspecified atom stereocenters. The van der Waals surface area contributed by atoms with Gasteiger partial charge in [0.25, 0.3) is 7.82 Å². The highest BCUT2D eigenvalue weighted by Crippen LogP contribution is 2.38. The first-order chi connectivity index (χ1) is 16.7. The molecule has 0 fully saturated rings. The maximum Gasteiger partial charge on any atom is 0.268 e. The molecule has 0 aromatic carbocycles. The van der Waals surface area contributed by atoms with Crippen LogP contribution in [-0.4, -0.2) is 69.8 Å². The minimum atomic E-state index is -4.43. The number of nitrogens with zero attached hydrogens (tertiary/aromatic N) is 1. The molecule has 0 rings (SSSR count). The first kappa shape index (κ1) is 35.0. The number of hydrogen-bond donors (Lipinski definition) is 1. The van der Waals surface area contributed by atoms with Crippen LogP contribution in [0.4, 0.5) is 0 Å². The number of aliphatic hydroxyl groups is 1. The van der Waals surface area contributed by atoms with Crippen LogP contribution in [0.3, 0.4) is 0 Å². The molecule has 0 bridgehead atoms. The van der Waals surface area contributed by atoms with Crippen LogP contribution in [0.15, 0.2) is 0 Å². The summed E-state index contributed by atoms with van der Waals surface area (Å²) in [5.41, 5.74) is 0. The molecule has 35 heavy (non-hydrogen) atoms. The lowest BCUT2D eigenvalue weighted by Gasteiger charge is -2.28. The van der Waals surface area contributed by atoms with Crippen molar-refractivity contribution in [2.75, 3.05) is 54.1 Å². The van der Waals surface area contributed by atoms with E-state index in [9.17, 15) is 14.6 Å². The Labute approximate surface area is 215 Å². The second kappa shape index (κ2) is 23.1. The number of likely N-dealkylation sites (N-methyl/N-ethyl adjacent to an activating group) is 1. The smallest absolute Gasteiger partial charge is 0.268 e. The van der Waals surface area contributed by atoms with Gasteiger partial charge in [-0.1, -0.05) is 103 Å². The summed E-state index contributed by atoms with van der Waals surface area (Å²) >= 11 is 0. The standard InChI is InChI=1S/C26H56NO7P/c1-5-6-7-8-9-10-11-12-13-14-15-16-17-18-19-20-22-31-34-26(24-28)25-33-35(29,30)32-23-21-27(2,3)4/h26,28H,5-25H2,1-4H3/t26-/m0/s1. The number of aliphatic hydroxyl groups excluding tert-OH is 1. The third-order valence-corrected chi connectivity index (χ3v) is 6.88. The quantitative estimate of drug-likeness (QED) is 0.0478. The lowest BCUT2D eigenvalue weighted by atomic mass is 10.0. The Bertz CT molecular complexity index is 503. The fraction of sp³-hybridized carbons (Fsp3) is 1.00. The van der Waals surface area contributed by atoms with Crippen molar-refractivity contribution in [1.29, 1.82) is 0 Å². The van der Waals surface area contributed by atoms with Gasteiger partial charge in [-0.25, -0.2) is 9.78 Å². The molecule has 212 valence electrons. The first-order valence-corrected chi connectivity index (χ1v) is 15.5. The van der Waals surface area contributed by atoms with Crippen LogP contribution in [0.5, 0.6) is 0 Å². The van der Waals surface area contributed by atoms with Crippen LogP contribution in [0.2, 0.25) is 0 Å². The van der Waals surface area contributed by atoms with E-state index in [4.69, 9.17) is 18.8 Å². The number of phosphoric ester groups is 1. The lowest BCUT2D eigenvalue weighted by Crippen LogP contribution is -2.37. The van der Waals surface area contributed by atoms with Crippen LogP contribution < -0.4 is 4.89 Å². The van der Waals surface area contributed by atoms with Crippen LogP contribution in [0.25, 0.3) is 0 Å². The second-order valence-corrected chi connectivity index (χ2v) is 12.0. The molecule has 0 saturated heterocycles. The van der Waals surface area contributed by atoms with Crippen LogP contribution in [0.1, 0.15) is 110 Å². The summed E-state index contributed by atoms with van der Waals surface area (Å²) in [6.07, 6.45) is 20.0. The highest BCUT2D eigenvalue weighted by Gasteiger charge is 2.17. The van der Waals surface area contributed by atoms with Crippen LogP contribution in [-0.2, 0) is 23.4 Å². The summed E-state index contributed by atoms with van der Waals surface area (Å²) in [6, 6.07) is 0. The zero-order valence-electron chi connectivity index (χ0n) is 23.2. The zero-order chi connectivity index (χ0) is 26.3. The Kier molecular flexibility index (Phi) is 23.1. The third kappa shape index (κ3) is 26.8. The number of unbranched alkanes of at least 4 members (excludes halogenated alkanes) is 15. The molecule has 8 nitrogen and oxygen atoms in total. The van der Waals surface area contributed by atoms with E-state index in [1.54, 1.807) is 0 Å². The Morgan fingerprint density at radius 3 is 1.63 bits per heavy atom. The molecule has 9 heteroatoms. The molecule has 0 amide bonds. The molecule has 0 saturated carbocycles. The minimum absolute atomic E-state index is 0.0324. The van der Waals surface area contributed by atoms with Gasteiger partial charge in [-0.2, -0.15) is 0 Å². The van der Waals surface area contributed by atoms with Gasteiger partial charge in [0.1, 0.15) is 19.3 Å². The van der Waals surface area contributed by atoms with Crippen molar-refractivity contribution in [2.24, 2.45) is 0 Å². The fourth-order valence-electron chi connectivity index (χ4n) is 3.60. The van der Waals surface area contributed by atoms with Crippen molar-refractivity contribution < 1.29 is 37.9 Å². The topological polar surface area (TPSA) is 97.3 Å². The van der Waals surface area contributed by atoms with E-state index in [0.717, 1.165) is 12.8 Å². The summed E-state index contributed by atoms with van der Waals surface area (Å²) in [7, 11) is 1.38. The van der Waals surface area contributed by atoms with Gasteiger partial charge in [0.15, 0.2) is 0 Å². The van der Waals surface area contributed by atoms with Gasteiger partial charge in [0.2, 0.25) is 0 Å². The molecule has 0 aliphatic carbocycles. The molecule has 0 heterocycles. The van der Waals surface area contributed by atoms with Crippen molar-refractivity contribution in [3.63, 3.8) is 0 Å². The number of phosphoric acid groups is 1. The average Bonchev–Trinajstić information content (AvgIpc) is 2.79. The molecule has 0 aliphatic rings. The Balaban J connectivity index is 3.49. The Morgan fingerprint density at radius 2 is 1.20 bits per heavy atom. The fourth-order valence-corrected chi connectivity index (χ4v) is 4.33. The third-order valence-electron chi connectivity index (χ3n) is 5.92.